The molecule has 0 spiro atoms. The van der Waals surface area contributed by atoms with Crippen molar-refractivity contribution >= 4 is 28.1 Å². The van der Waals surface area contributed by atoms with Gasteiger partial charge in [0.15, 0.2) is 0 Å². The lowest BCUT2D eigenvalue weighted by Gasteiger charge is -2.09. The fourth-order valence-electron chi connectivity index (χ4n) is 2.30. The van der Waals surface area contributed by atoms with E-state index in [0.29, 0.717) is 17.9 Å². The van der Waals surface area contributed by atoms with Crippen molar-refractivity contribution in [3.63, 3.8) is 0 Å². The van der Waals surface area contributed by atoms with Gasteiger partial charge in [-0.05, 0) is 35.9 Å². The van der Waals surface area contributed by atoms with Gasteiger partial charge in [-0.3, -0.25) is 4.79 Å². The summed E-state index contributed by atoms with van der Waals surface area (Å²) in [6.07, 6.45) is 1.58. The minimum absolute atomic E-state index is 0.261. The van der Waals surface area contributed by atoms with Crippen LogP contribution in [0.3, 0.4) is 0 Å². The molecule has 0 aliphatic heterocycles. The van der Waals surface area contributed by atoms with Crippen LogP contribution in [0.5, 0.6) is 5.75 Å². The van der Waals surface area contributed by atoms with Gasteiger partial charge in [-0.25, -0.2) is 5.43 Å². The Morgan fingerprint density at radius 2 is 1.69 bits per heavy atom. The molecular formula is C21H17BrN2O2. The molecule has 3 rings (SSSR count). The molecule has 0 aliphatic carbocycles. The zero-order valence-corrected chi connectivity index (χ0v) is 15.5. The summed E-state index contributed by atoms with van der Waals surface area (Å²) in [5.41, 5.74) is 4.93. The Bertz CT molecular complexity index is 896. The molecule has 1 N–H and O–H groups in total. The Balaban J connectivity index is 1.68. The first-order valence-electron chi connectivity index (χ1n) is 8.07. The van der Waals surface area contributed by atoms with Crippen LogP contribution in [0.25, 0.3) is 0 Å². The smallest absolute Gasteiger partial charge is 0.271 e. The zero-order chi connectivity index (χ0) is 18.2. The van der Waals surface area contributed by atoms with E-state index in [-0.39, 0.29) is 5.91 Å². The van der Waals surface area contributed by atoms with Gasteiger partial charge in [0.2, 0.25) is 0 Å². The molecule has 0 unspecified atom stereocenters. The summed E-state index contributed by atoms with van der Waals surface area (Å²) in [6, 6.07) is 24.5. The second kappa shape index (κ2) is 8.97. The molecule has 0 saturated carbocycles. The van der Waals surface area contributed by atoms with Crippen molar-refractivity contribution < 1.29 is 9.53 Å². The normalized spacial score (nSPS) is 10.7. The van der Waals surface area contributed by atoms with E-state index in [0.717, 1.165) is 15.6 Å². The third kappa shape index (κ3) is 5.04. The van der Waals surface area contributed by atoms with Gasteiger partial charge in [-0.2, -0.15) is 5.10 Å². The van der Waals surface area contributed by atoms with Crippen LogP contribution in [-0.4, -0.2) is 12.1 Å². The number of hydrazone groups is 1. The first kappa shape index (κ1) is 17.9. The number of hydrogen-bond donors (Lipinski definition) is 1. The standard InChI is InChI=1S/C21H17BrN2O2/c22-19-11-12-20(26-15-16-7-3-1-4-8-16)18(13-19)14-23-24-21(25)17-9-5-2-6-10-17/h1-14H,15H2,(H,24,25)/b23-14+. The van der Waals surface area contributed by atoms with Crippen LogP contribution >= 0.6 is 15.9 Å². The molecule has 5 heteroatoms. The summed E-state index contributed by atoms with van der Waals surface area (Å²) < 4.78 is 6.80. The highest BCUT2D eigenvalue weighted by atomic mass is 79.9. The summed E-state index contributed by atoms with van der Waals surface area (Å²) >= 11 is 3.45. The fourth-order valence-corrected chi connectivity index (χ4v) is 2.68. The summed E-state index contributed by atoms with van der Waals surface area (Å²) in [5, 5.41) is 4.05. The van der Waals surface area contributed by atoms with Crippen LogP contribution in [0, 0.1) is 0 Å². The first-order valence-corrected chi connectivity index (χ1v) is 8.86. The second-order valence-electron chi connectivity index (χ2n) is 5.52. The third-order valence-corrected chi connectivity index (χ3v) is 4.11. The molecule has 1 amide bonds. The maximum Gasteiger partial charge on any atom is 0.271 e. The Morgan fingerprint density at radius 1 is 1.00 bits per heavy atom. The van der Waals surface area contributed by atoms with Gasteiger partial charge in [-0.1, -0.05) is 64.5 Å². The third-order valence-electron chi connectivity index (χ3n) is 3.61. The lowest BCUT2D eigenvalue weighted by Crippen LogP contribution is -2.17. The predicted molar refractivity (Wildman–Crippen MR) is 106 cm³/mol. The quantitative estimate of drug-likeness (QED) is 0.470. The molecule has 4 nitrogen and oxygen atoms in total. The molecule has 0 aromatic heterocycles. The van der Waals surface area contributed by atoms with Crippen LogP contribution < -0.4 is 10.2 Å². The van der Waals surface area contributed by atoms with Crippen molar-refractivity contribution in [1.82, 2.24) is 5.43 Å². The van der Waals surface area contributed by atoms with Crippen molar-refractivity contribution in [2.24, 2.45) is 5.10 Å². The highest BCUT2D eigenvalue weighted by Gasteiger charge is 2.05. The molecule has 3 aromatic carbocycles. The lowest BCUT2D eigenvalue weighted by atomic mass is 10.2. The summed E-state index contributed by atoms with van der Waals surface area (Å²) in [7, 11) is 0. The van der Waals surface area contributed by atoms with Crippen LogP contribution in [0.1, 0.15) is 21.5 Å². The van der Waals surface area contributed by atoms with Gasteiger partial charge < -0.3 is 4.74 Å². The van der Waals surface area contributed by atoms with E-state index in [1.807, 2.05) is 66.7 Å². The van der Waals surface area contributed by atoms with Gasteiger partial charge in [0.05, 0.1) is 6.21 Å². The molecular weight excluding hydrogens is 392 g/mol. The maximum atomic E-state index is 12.0. The number of carbonyl (C=O) groups is 1. The summed E-state index contributed by atoms with van der Waals surface area (Å²) in [5.74, 6) is 0.429. The highest BCUT2D eigenvalue weighted by Crippen LogP contribution is 2.22. The molecule has 3 aromatic rings. The predicted octanol–water partition coefficient (Wildman–Crippen LogP) is 4.79. The number of nitrogens with zero attached hydrogens (tertiary/aromatic N) is 1. The summed E-state index contributed by atoms with van der Waals surface area (Å²) in [4.78, 5) is 12.0. The van der Waals surface area contributed by atoms with Gasteiger partial charge in [0.25, 0.3) is 5.91 Å². The van der Waals surface area contributed by atoms with E-state index < -0.39 is 0 Å². The molecule has 26 heavy (non-hydrogen) atoms. The molecule has 130 valence electrons. The molecule has 0 aliphatic rings. The van der Waals surface area contributed by atoms with Crippen LogP contribution in [0.4, 0.5) is 0 Å². The Kier molecular flexibility index (Phi) is 6.17. The molecule has 0 bridgehead atoms. The topological polar surface area (TPSA) is 50.7 Å². The molecule has 0 radical (unpaired) electrons. The number of carbonyl (C=O) groups excluding carboxylic acids is 1. The Hall–Kier alpha value is -2.92. The molecule has 0 heterocycles. The van der Waals surface area contributed by atoms with Gasteiger partial charge >= 0.3 is 0 Å². The average Bonchev–Trinajstić information content (AvgIpc) is 2.69. The number of nitrogens with one attached hydrogen (secondary N) is 1. The zero-order valence-electron chi connectivity index (χ0n) is 13.9. The number of hydrogen-bond acceptors (Lipinski definition) is 3. The van der Waals surface area contributed by atoms with Crippen LogP contribution in [-0.2, 0) is 6.61 Å². The largest absolute Gasteiger partial charge is 0.488 e. The van der Waals surface area contributed by atoms with E-state index >= 15 is 0 Å². The Labute approximate surface area is 160 Å². The van der Waals surface area contributed by atoms with E-state index in [9.17, 15) is 4.79 Å². The highest BCUT2D eigenvalue weighted by molar-refractivity contribution is 9.10. The van der Waals surface area contributed by atoms with Crippen LogP contribution in [0.15, 0.2) is 88.4 Å². The Morgan fingerprint density at radius 3 is 2.42 bits per heavy atom. The van der Waals surface area contributed by atoms with E-state index in [1.165, 1.54) is 0 Å². The molecule has 0 saturated heterocycles. The number of amides is 1. The van der Waals surface area contributed by atoms with Crippen molar-refractivity contribution in [1.29, 1.82) is 0 Å². The molecule has 0 fully saturated rings. The van der Waals surface area contributed by atoms with Gasteiger partial charge in [0.1, 0.15) is 12.4 Å². The van der Waals surface area contributed by atoms with Crippen molar-refractivity contribution in [2.75, 3.05) is 0 Å². The summed E-state index contributed by atoms with van der Waals surface area (Å²) in [6.45, 7) is 0.458. The van der Waals surface area contributed by atoms with E-state index in [4.69, 9.17) is 4.74 Å². The van der Waals surface area contributed by atoms with Gasteiger partial charge in [0, 0.05) is 15.6 Å². The number of benzene rings is 3. The first-order chi connectivity index (χ1) is 12.7. The van der Waals surface area contributed by atoms with Crippen molar-refractivity contribution in [3.05, 3.63) is 100 Å². The minimum atomic E-state index is -0.261. The van der Waals surface area contributed by atoms with Crippen molar-refractivity contribution in [3.8, 4) is 5.75 Å². The van der Waals surface area contributed by atoms with E-state index in [2.05, 4.69) is 26.5 Å². The van der Waals surface area contributed by atoms with E-state index in [1.54, 1.807) is 18.3 Å². The number of ether oxygens (including phenoxy) is 1. The van der Waals surface area contributed by atoms with Crippen molar-refractivity contribution in [2.45, 2.75) is 6.61 Å². The molecule has 0 atom stereocenters. The fraction of sp³-hybridized carbons (Fsp3) is 0.0476. The maximum absolute atomic E-state index is 12.0. The number of rotatable bonds is 6. The second-order valence-corrected chi connectivity index (χ2v) is 6.44. The SMILES string of the molecule is O=C(N/N=C/c1cc(Br)ccc1OCc1ccccc1)c1ccccc1. The average molecular weight is 409 g/mol. The lowest BCUT2D eigenvalue weighted by molar-refractivity contribution is 0.0955. The monoisotopic (exact) mass is 408 g/mol. The van der Waals surface area contributed by atoms with Crippen LogP contribution in [0.2, 0.25) is 0 Å². The minimum Gasteiger partial charge on any atom is -0.488 e. The number of halogens is 1. The van der Waals surface area contributed by atoms with Gasteiger partial charge in [-0.15, -0.1) is 0 Å².